The molecule has 0 aliphatic heterocycles. The van der Waals surface area contributed by atoms with Crippen molar-refractivity contribution in [2.75, 3.05) is 13.7 Å². The van der Waals surface area contributed by atoms with Crippen molar-refractivity contribution in [3.8, 4) is 0 Å². The molecule has 3 heteroatoms. The van der Waals surface area contributed by atoms with Crippen LogP contribution in [0.25, 0.3) is 0 Å². The number of ether oxygens (including phenoxy) is 1. The van der Waals surface area contributed by atoms with Gasteiger partial charge in [0.15, 0.2) is 0 Å². The third kappa shape index (κ3) is 2.11. The second-order valence-electron chi connectivity index (χ2n) is 4.62. The average Bonchev–Trinajstić information content (AvgIpc) is 2.72. The van der Waals surface area contributed by atoms with E-state index >= 15 is 0 Å². The van der Waals surface area contributed by atoms with Crippen LogP contribution >= 0.6 is 0 Å². The summed E-state index contributed by atoms with van der Waals surface area (Å²) in [5.41, 5.74) is 2.37. The number of fused-ring (bicyclic) bond motifs is 1. The fraction of sp³-hybridized carbons (Fsp3) is 0.615. The van der Waals surface area contributed by atoms with Gasteiger partial charge in [0.25, 0.3) is 0 Å². The van der Waals surface area contributed by atoms with E-state index in [4.69, 9.17) is 4.74 Å². The van der Waals surface area contributed by atoms with E-state index in [-0.39, 0.29) is 17.9 Å². The van der Waals surface area contributed by atoms with Gasteiger partial charge >= 0.3 is 0 Å². The highest BCUT2D eigenvalue weighted by Crippen LogP contribution is 2.35. The summed E-state index contributed by atoms with van der Waals surface area (Å²) < 4.78 is 5.09. The van der Waals surface area contributed by atoms with Crippen molar-refractivity contribution in [2.45, 2.75) is 31.8 Å². The lowest BCUT2D eigenvalue weighted by molar-refractivity contribution is 0.0390. The maximum atomic E-state index is 10.3. The maximum absolute atomic E-state index is 10.3. The zero-order valence-electron chi connectivity index (χ0n) is 9.89. The number of aliphatic hydroxyl groups is 1. The summed E-state index contributed by atoms with van der Waals surface area (Å²) in [6.07, 6.45) is 3.49. The molecular formula is C13H19NO2. The molecule has 1 aliphatic carbocycles. The Hall–Kier alpha value is -0.930. The largest absolute Gasteiger partial charge is 0.392 e. The van der Waals surface area contributed by atoms with Crippen LogP contribution in [0.3, 0.4) is 0 Å². The molecule has 3 atom stereocenters. The molecule has 0 fully saturated rings. The third-order valence-electron chi connectivity index (χ3n) is 3.43. The summed E-state index contributed by atoms with van der Waals surface area (Å²) in [5, 5.41) is 10.3. The Labute approximate surface area is 96.5 Å². The van der Waals surface area contributed by atoms with Crippen molar-refractivity contribution >= 4 is 0 Å². The lowest BCUT2D eigenvalue weighted by Crippen LogP contribution is -2.28. The zero-order chi connectivity index (χ0) is 11.5. The molecule has 0 amide bonds. The molecule has 1 aromatic rings. The predicted octanol–water partition coefficient (Wildman–Crippen LogP) is 1.75. The van der Waals surface area contributed by atoms with E-state index in [0.29, 0.717) is 6.61 Å². The molecule has 1 N–H and O–H groups in total. The highest BCUT2D eigenvalue weighted by Gasteiger charge is 2.32. The topological polar surface area (TPSA) is 42.4 Å². The smallest absolute Gasteiger partial charge is 0.0671 e. The van der Waals surface area contributed by atoms with E-state index in [1.54, 1.807) is 7.11 Å². The van der Waals surface area contributed by atoms with Gasteiger partial charge in [0.1, 0.15) is 0 Å². The summed E-state index contributed by atoms with van der Waals surface area (Å²) in [6, 6.07) is 4.07. The van der Waals surface area contributed by atoms with Crippen molar-refractivity contribution in [3.05, 3.63) is 29.6 Å². The number of aryl methyl sites for hydroxylation is 1. The molecule has 0 saturated carbocycles. The zero-order valence-corrected chi connectivity index (χ0v) is 9.89. The molecule has 16 heavy (non-hydrogen) atoms. The minimum absolute atomic E-state index is 0.156. The second-order valence-corrected chi connectivity index (χ2v) is 4.62. The van der Waals surface area contributed by atoms with Crippen LogP contribution < -0.4 is 0 Å². The van der Waals surface area contributed by atoms with Crippen LogP contribution in [0.1, 0.15) is 30.5 Å². The Morgan fingerprint density at radius 2 is 2.44 bits per heavy atom. The quantitative estimate of drug-likeness (QED) is 0.842. The Kier molecular flexibility index (Phi) is 3.56. The molecule has 0 saturated heterocycles. The average molecular weight is 221 g/mol. The molecule has 3 unspecified atom stereocenters. The molecule has 88 valence electrons. The second kappa shape index (κ2) is 4.93. The van der Waals surface area contributed by atoms with Gasteiger partial charge in [0.05, 0.1) is 12.7 Å². The summed E-state index contributed by atoms with van der Waals surface area (Å²) in [6.45, 7) is 2.62. The molecule has 0 bridgehead atoms. The van der Waals surface area contributed by atoms with Crippen molar-refractivity contribution < 1.29 is 9.84 Å². The van der Waals surface area contributed by atoms with Crippen molar-refractivity contribution in [2.24, 2.45) is 5.92 Å². The standard InChI is InChI=1S/C13H19NO2/c1-9(8-16-2)13(15)11-6-5-10-4-3-7-14-12(10)11/h3-4,7,9,11,13,15H,5-6,8H2,1-2H3. The number of aromatic nitrogens is 1. The van der Waals surface area contributed by atoms with E-state index in [9.17, 15) is 5.11 Å². The summed E-state index contributed by atoms with van der Waals surface area (Å²) in [5.74, 6) is 0.337. The SMILES string of the molecule is COCC(C)C(O)C1CCc2cccnc21. The number of hydrogen-bond donors (Lipinski definition) is 1. The van der Waals surface area contributed by atoms with E-state index in [1.165, 1.54) is 5.56 Å². The highest BCUT2D eigenvalue weighted by molar-refractivity contribution is 5.29. The van der Waals surface area contributed by atoms with Crippen molar-refractivity contribution in [1.82, 2.24) is 4.98 Å². The Balaban J connectivity index is 2.12. The summed E-state index contributed by atoms with van der Waals surface area (Å²) in [4.78, 5) is 4.40. The number of nitrogens with zero attached hydrogens (tertiary/aromatic N) is 1. The van der Waals surface area contributed by atoms with E-state index < -0.39 is 0 Å². The minimum atomic E-state index is -0.351. The fourth-order valence-electron chi connectivity index (χ4n) is 2.53. The number of methoxy groups -OCH3 is 1. The van der Waals surface area contributed by atoms with Gasteiger partial charge < -0.3 is 9.84 Å². The lowest BCUT2D eigenvalue weighted by Gasteiger charge is -2.24. The van der Waals surface area contributed by atoms with Gasteiger partial charge in [-0.1, -0.05) is 13.0 Å². The molecule has 0 radical (unpaired) electrons. The first kappa shape index (κ1) is 11.6. The molecule has 1 aliphatic rings. The highest BCUT2D eigenvalue weighted by atomic mass is 16.5. The normalized spacial score (nSPS) is 22.8. The van der Waals surface area contributed by atoms with Crippen LogP contribution in [0, 0.1) is 5.92 Å². The van der Waals surface area contributed by atoms with E-state index in [2.05, 4.69) is 11.1 Å². The first-order valence-electron chi connectivity index (χ1n) is 5.85. The summed E-state index contributed by atoms with van der Waals surface area (Å²) >= 11 is 0. The molecule has 0 spiro atoms. The van der Waals surface area contributed by atoms with Crippen molar-refractivity contribution in [1.29, 1.82) is 0 Å². The lowest BCUT2D eigenvalue weighted by atomic mass is 9.90. The molecular weight excluding hydrogens is 202 g/mol. The van der Waals surface area contributed by atoms with Crippen LogP contribution in [-0.4, -0.2) is 29.9 Å². The molecule has 1 heterocycles. The molecule has 0 aromatic carbocycles. The van der Waals surface area contributed by atoms with E-state index in [1.807, 2.05) is 19.2 Å². The van der Waals surface area contributed by atoms with Crippen LogP contribution in [0.15, 0.2) is 18.3 Å². The predicted molar refractivity (Wildman–Crippen MR) is 62.3 cm³/mol. The van der Waals surface area contributed by atoms with Crippen LogP contribution in [0.4, 0.5) is 0 Å². The Bertz CT molecular complexity index is 354. The fourth-order valence-corrected chi connectivity index (χ4v) is 2.53. The van der Waals surface area contributed by atoms with Gasteiger partial charge in [0, 0.05) is 30.8 Å². The Morgan fingerprint density at radius 1 is 1.62 bits per heavy atom. The number of rotatable bonds is 4. The molecule has 3 nitrogen and oxygen atoms in total. The van der Waals surface area contributed by atoms with Crippen LogP contribution in [0.5, 0.6) is 0 Å². The van der Waals surface area contributed by atoms with E-state index in [0.717, 1.165) is 18.5 Å². The number of hydrogen-bond acceptors (Lipinski definition) is 3. The van der Waals surface area contributed by atoms with Crippen molar-refractivity contribution in [3.63, 3.8) is 0 Å². The monoisotopic (exact) mass is 221 g/mol. The van der Waals surface area contributed by atoms with Gasteiger partial charge in [-0.3, -0.25) is 4.98 Å². The molecule has 1 aromatic heterocycles. The van der Waals surface area contributed by atoms with Gasteiger partial charge in [-0.25, -0.2) is 0 Å². The first-order chi connectivity index (χ1) is 7.74. The minimum Gasteiger partial charge on any atom is -0.392 e. The number of pyridine rings is 1. The van der Waals surface area contributed by atoms with Crippen LogP contribution in [-0.2, 0) is 11.2 Å². The maximum Gasteiger partial charge on any atom is 0.0671 e. The third-order valence-corrected chi connectivity index (χ3v) is 3.43. The van der Waals surface area contributed by atoms with Gasteiger partial charge in [-0.15, -0.1) is 0 Å². The van der Waals surface area contributed by atoms with Gasteiger partial charge in [0.2, 0.25) is 0 Å². The van der Waals surface area contributed by atoms with Crippen LogP contribution in [0.2, 0.25) is 0 Å². The summed E-state index contributed by atoms with van der Waals surface area (Å²) in [7, 11) is 1.67. The van der Waals surface area contributed by atoms with Gasteiger partial charge in [-0.05, 0) is 24.5 Å². The first-order valence-corrected chi connectivity index (χ1v) is 5.85. The Morgan fingerprint density at radius 3 is 3.19 bits per heavy atom. The molecule has 2 rings (SSSR count). The number of aliphatic hydroxyl groups excluding tert-OH is 1. The van der Waals surface area contributed by atoms with Gasteiger partial charge in [-0.2, -0.15) is 0 Å².